The summed E-state index contributed by atoms with van der Waals surface area (Å²) >= 11 is 1.33. The maximum Gasteiger partial charge on any atom is 0.250 e. The van der Waals surface area contributed by atoms with Crippen molar-refractivity contribution in [2.75, 3.05) is 12.4 Å². The van der Waals surface area contributed by atoms with E-state index in [2.05, 4.69) is 15.5 Å². The van der Waals surface area contributed by atoms with Crippen molar-refractivity contribution in [3.63, 3.8) is 0 Å². The molecule has 2 aromatic rings. The van der Waals surface area contributed by atoms with Crippen molar-refractivity contribution < 1.29 is 14.6 Å². The summed E-state index contributed by atoms with van der Waals surface area (Å²) in [5.74, 6) is 0.448. The largest absolute Gasteiger partial charge is 0.504 e. The SMILES string of the molecule is CCOc1ccc(/C=N\NC(=O)CSc2ccccn2)cc1O. The van der Waals surface area contributed by atoms with Gasteiger partial charge in [0.1, 0.15) is 0 Å². The molecule has 1 aromatic heterocycles. The summed E-state index contributed by atoms with van der Waals surface area (Å²) < 4.78 is 5.24. The molecule has 0 unspecified atom stereocenters. The summed E-state index contributed by atoms with van der Waals surface area (Å²) in [5.41, 5.74) is 3.09. The number of thioether (sulfide) groups is 1. The molecule has 0 atom stereocenters. The summed E-state index contributed by atoms with van der Waals surface area (Å²) in [6, 6.07) is 10.4. The number of benzene rings is 1. The Morgan fingerprint density at radius 2 is 2.30 bits per heavy atom. The van der Waals surface area contributed by atoms with Gasteiger partial charge < -0.3 is 9.84 Å². The van der Waals surface area contributed by atoms with Crippen LogP contribution >= 0.6 is 11.8 Å². The number of nitrogens with zero attached hydrogens (tertiary/aromatic N) is 2. The molecule has 0 aliphatic carbocycles. The number of hydrogen-bond acceptors (Lipinski definition) is 6. The Morgan fingerprint density at radius 3 is 3.00 bits per heavy atom. The fourth-order valence-corrected chi connectivity index (χ4v) is 2.33. The van der Waals surface area contributed by atoms with E-state index >= 15 is 0 Å². The van der Waals surface area contributed by atoms with Crippen LogP contribution in [0.25, 0.3) is 0 Å². The molecule has 120 valence electrons. The van der Waals surface area contributed by atoms with Crippen LogP contribution in [0.5, 0.6) is 11.5 Å². The smallest absolute Gasteiger partial charge is 0.250 e. The van der Waals surface area contributed by atoms with Gasteiger partial charge in [0.2, 0.25) is 5.91 Å². The molecule has 1 aromatic carbocycles. The van der Waals surface area contributed by atoms with Crippen LogP contribution in [0.2, 0.25) is 0 Å². The number of phenols is 1. The predicted octanol–water partition coefficient (Wildman–Crippen LogP) is 2.43. The number of rotatable bonds is 7. The molecular weight excluding hydrogens is 314 g/mol. The van der Waals surface area contributed by atoms with Crippen molar-refractivity contribution in [2.45, 2.75) is 11.9 Å². The average molecular weight is 331 g/mol. The van der Waals surface area contributed by atoms with Crippen LogP contribution in [0.1, 0.15) is 12.5 Å². The lowest BCUT2D eigenvalue weighted by Gasteiger charge is -2.05. The van der Waals surface area contributed by atoms with Gasteiger partial charge in [0.05, 0.1) is 23.6 Å². The van der Waals surface area contributed by atoms with E-state index in [1.807, 2.05) is 25.1 Å². The normalized spacial score (nSPS) is 10.7. The minimum absolute atomic E-state index is 0.0350. The average Bonchev–Trinajstić information content (AvgIpc) is 2.56. The molecule has 23 heavy (non-hydrogen) atoms. The molecule has 0 saturated carbocycles. The van der Waals surface area contributed by atoms with E-state index in [1.54, 1.807) is 18.3 Å². The molecule has 1 amide bonds. The van der Waals surface area contributed by atoms with Crippen LogP contribution in [0, 0.1) is 0 Å². The summed E-state index contributed by atoms with van der Waals surface area (Å²) in [6.07, 6.45) is 3.13. The number of nitrogens with one attached hydrogen (secondary N) is 1. The molecule has 0 fully saturated rings. The Kier molecular flexibility index (Phi) is 6.43. The zero-order valence-corrected chi connectivity index (χ0v) is 13.4. The summed E-state index contributed by atoms with van der Waals surface area (Å²) in [6.45, 7) is 2.32. The van der Waals surface area contributed by atoms with Gasteiger partial charge in [-0.25, -0.2) is 10.4 Å². The first-order chi connectivity index (χ1) is 11.2. The molecule has 0 aliphatic heterocycles. The van der Waals surface area contributed by atoms with E-state index in [0.29, 0.717) is 17.9 Å². The molecule has 0 aliphatic rings. The van der Waals surface area contributed by atoms with Gasteiger partial charge in [0.15, 0.2) is 11.5 Å². The lowest BCUT2D eigenvalue weighted by Crippen LogP contribution is -2.19. The highest BCUT2D eigenvalue weighted by Crippen LogP contribution is 2.26. The van der Waals surface area contributed by atoms with E-state index in [9.17, 15) is 9.90 Å². The van der Waals surface area contributed by atoms with Gasteiger partial charge in [-0.15, -0.1) is 0 Å². The summed E-state index contributed by atoms with van der Waals surface area (Å²) in [5, 5.41) is 14.4. The molecule has 2 rings (SSSR count). The van der Waals surface area contributed by atoms with Crippen molar-refractivity contribution in [1.82, 2.24) is 10.4 Å². The minimum atomic E-state index is -0.230. The second kappa shape index (κ2) is 8.79. The van der Waals surface area contributed by atoms with Gasteiger partial charge in [0, 0.05) is 6.20 Å². The fourth-order valence-electron chi connectivity index (χ4n) is 1.68. The quantitative estimate of drug-likeness (QED) is 0.462. The fraction of sp³-hybridized carbons (Fsp3) is 0.188. The van der Waals surface area contributed by atoms with Gasteiger partial charge in [-0.05, 0) is 42.8 Å². The second-order valence-electron chi connectivity index (χ2n) is 4.41. The lowest BCUT2D eigenvalue weighted by molar-refractivity contribution is -0.118. The monoisotopic (exact) mass is 331 g/mol. The molecule has 6 nitrogen and oxygen atoms in total. The van der Waals surface area contributed by atoms with E-state index in [4.69, 9.17) is 4.74 Å². The van der Waals surface area contributed by atoms with Crippen LogP contribution in [-0.2, 0) is 4.79 Å². The molecule has 0 saturated heterocycles. The van der Waals surface area contributed by atoms with Crippen LogP contribution in [-0.4, -0.2) is 34.6 Å². The third-order valence-electron chi connectivity index (χ3n) is 2.67. The molecule has 1 heterocycles. The Bertz CT molecular complexity index is 678. The number of aromatic nitrogens is 1. The highest BCUT2D eigenvalue weighted by molar-refractivity contribution is 7.99. The van der Waals surface area contributed by atoms with Gasteiger partial charge >= 0.3 is 0 Å². The number of carbonyl (C=O) groups excluding carboxylic acids is 1. The van der Waals surface area contributed by atoms with Crippen molar-refractivity contribution in [3.8, 4) is 11.5 Å². The number of hydrogen-bond donors (Lipinski definition) is 2. The zero-order chi connectivity index (χ0) is 16.5. The number of hydrazone groups is 1. The number of amides is 1. The Hall–Kier alpha value is -2.54. The van der Waals surface area contributed by atoms with E-state index in [-0.39, 0.29) is 17.4 Å². The minimum Gasteiger partial charge on any atom is -0.504 e. The Balaban J connectivity index is 1.81. The van der Waals surface area contributed by atoms with Gasteiger partial charge in [-0.1, -0.05) is 17.8 Å². The molecule has 7 heteroatoms. The van der Waals surface area contributed by atoms with Crippen LogP contribution < -0.4 is 10.2 Å². The standard InChI is InChI=1S/C16H17N3O3S/c1-2-22-14-7-6-12(9-13(14)20)10-18-19-15(21)11-23-16-5-3-4-8-17-16/h3-10,20H,2,11H2,1H3,(H,19,21)/b18-10-. The van der Waals surface area contributed by atoms with Crippen LogP contribution in [0.15, 0.2) is 52.7 Å². The van der Waals surface area contributed by atoms with Crippen molar-refractivity contribution in [2.24, 2.45) is 5.10 Å². The Labute approximate surface area is 138 Å². The van der Waals surface area contributed by atoms with E-state index in [1.165, 1.54) is 24.0 Å². The zero-order valence-electron chi connectivity index (χ0n) is 12.6. The van der Waals surface area contributed by atoms with Crippen molar-refractivity contribution in [1.29, 1.82) is 0 Å². The molecular formula is C16H17N3O3S. The first-order valence-corrected chi connectivity index (χ1v) is 7.99. The summed E-state index contributed by atoms with van der Waals surface area (Å²) in [7, 11) is 0. The molecule has 0 radical (unpaired) electrons. The first-order valence-electron chi connectivity index (χ1n) is 7.00. The number of phenolic OH excluding ortho intramolecular Hbond substituents is 1. The van der Waals surface area contributed by atoms with Gasteiger partial charge in [-0.2, -0.15) is 5.10 Å². The van der Waals surface area contributed by atoms with Crippen molar-refractivity contribution >= 4 is 23.9 Å². The maximum absolute atomic E-state index is 11.7. The Morgan fingerprint density at radius 1 is 1.43 bits per heavy atom. The van der Waals surface area contributed by atoms with Crippen LogP contribution in [0.4, 0.5) is 0 Å². The number of carbonyl (C=O) groups is 1. The third kappa shape index (κ3) is 5.63. The number of aromatic hydroxyl groups is 1. The van der Waals surface area contributed by atoms with Gasteiger partial charge in [-0.3, -0.25) is 4.79 Å². The highest BCUT2D eigenvalue weighted by atomic mass is 32.2. The first kappa shape index (κ1) is 16.8. The van der Waals surface area contributed by atoms with E-state index < -0.39 is 0 Å². The molecule has 0 bridgehead atoms. The van der Waals surface area contributed by atoms with Crippen molar-refractivity contribution in [3.05, 3.63) is 48.2 Å². The van der Waals surface area contributed by atoms with E-state index in [0.717, 1.165) is 5.03 Å². The van der Waals surface area contributed by atoms with Crippen LogP contribution in [0.3, 0.4) is 0 Å². The maximum atomic E-state index is 11.7. The predicted molar refractivity (Wildman–Crippen MR) is 90.0 cm³/mol. The van der Waals surface area contributed by atoms with Gasteiger partial charge in [0.25, 0.3) is 0 Å². The topological polar surface area (TPSA) is 83.8 Å². The number of ether oxygens (including phenoxy) is 1. The highest BCUT2D eigenvalue weighted by Gasteiger charge is 2.03. The summed E-state index contributed by atoms with van der Waals surface area (Å²) in [4.78, 5) is 15.8. The molecule has 0 spiro atoms. The second-order valence-corrected chi connectivity index (χ2v) is 5.41. The number of pyridine rings is 1. The molecule has 2 N–H and O–H groups in total. The lowest BCUT2D eigenvalue weighted by atomic mass is 10.2. The third-order valence-corrected chi connectivity index (χ3v) is 3.62.